The Bertz CT molecular complexity index is 2560. The van der Waals surface area contributed by atoms with Gasteiger partial charge >= 0.3 is 0 Å². The average molecular weight is 583 g/mol. The summed E-state index contributed by atoms with van der Waals surface area (Å²) in [5, 5.41) is 10.2. The average Bonchev–Trinajstić information content (AvgIpc) is 3.14. The van der Waals surface area contributed by atoms with Crippen LogP contribution in [0.5, 0.6) is 0 Å². The zero-order valence-corrected chi connectivity index (χ0v) is 25.3. The van der Waals surface area contributed by atoms with Crippen molar-refractivity contribution in [2.45, 2.75) is 0 Å². The molecular formula is C46H30. The SMILES string of the molecule is c1ccc(-c2ccc3cc(-c4ccc(-c5ccc6cc(-c7cc8ccccc8c8ccccc78)ccc6c5)cc4)ccc3c2)cc1. The van der Waals surface area contributed by atoms with Crippen molar-refractivity contribution in [3.8, 4) is 44.5 Å². The van der Waals surface area contributed by atoms with Gasteiger partial charge in [-0.3, -0.25) is 0 Å². The monoisotopic (exact) mass is 582 g/mol. The third-order valence-corrected chi connectivity index (χ3v) is 9.42. The van der Waals surface area contributed by atoms with Crippen LogP contribution in [0.2, 0.25) is 0 Å². The zero-order chi connectivity index (χ0) is 30.5. The van der Waals surface area contributed by atoms with Crippen molar-refractivity contribution < 1.29 is 0 Å². The number of rotatable bonds is 4. The maximum atomic E-state index is 2.34. The van der Waals surface area contributed by atoms with E-state index in [0.717, 1.165) is 0 Å². The molecule has 0 radical (unpaired) electrons. The molecule has 0 bridgehead atoms. The van der Waals surface area contributed by atoms with Gasteiger partial charge in [-0.25, -0.2) is 0 Å². The fourth-order valence-corrected chi connectivity index (χ4v) is 6.98. The normalized spacial score (nSPS) is 11.5. The van der Waals surface area contributed by atoms with E-state index in [1.807, 2.05) is 0 Å². The van der Waals surface area contributed by atoms with Gasteiger partial charge in [-0.15, -0.1) is 0 Å². The standard InChI is InChI=1S/C46H30/c1-2-8-31(9-3-1)34-18-21-38-27-35(19-22-37(38)26-34)32-14-16-33(17-15-32)36-20-23-40-29-42(25-24-39(40)28-36)46-30-41-10-4-5-11-43(41)44-12-6-7-13-45(44)46/h1-30H. The van der Waals surface area contributed by atoms with E-state index in [1.165, 1.54) is 87.6 Å². The second-order valence-corrected chi connectivity index (χ2v) is 12.2. The van der Waals surface area contributed by atoms with Crippen molar-refractivity contribution in [2.24, 2.45) is 0 Å². The van der Waals surface area contributed by atoms with Gasteiger partial charge in [-0.2, -0.15) is 0 Å². The molecule has 46 heavy (non-hydrogen) atoms. The first-order valence-electron chi connectivity index (χ1n) is 15.9. The fourth-order valence-electron chi connectivity index (χ4n) is 6.98. The highest BCUT2D eigenvalue weighted by Crippen LogP contribution is 2.37. The Hall–Kier alpha value is -5.98. The second kappa shape index (κ2) is 10.9. The summed E-state index contributed by atoms with van der Waals surface area (Å²) in [5.74, 6) is 0. The van der Waals surface area contributed by atoms with Gasteiger partial charge in [-0.1, -0.05) is 152 Å². The Balaban J connectivity index is 1.02. The summed E-state index contributed by atoms with van der Waals surface area (Å²) >= 11 is 0. The Morgan fingerprint density at radius 2 is 0.587 bits per heavy atom. The van der Waals surface area contributed by atoms with Gasteiger partial charge in [0.05, 0.1) is 0 Å². The summed E-state index contributed by atoms with van der Waals surface area (Å²) in [4.78, 5) is 0. The molecule has 0 atom stereocenters. The molecule has 0 heteroatoms. The van der Waals surface area contributed by atoms with E-state index in [1.54, 1.807) is 0 Å². The summed E-state index contributed by atoms with van der Waals surface area (Å²) in [6.07, 6.45) is 0. The molecule has 0 aliphatic rings. The van der Waals surface area contributed by atoms with Crippen LogP contribution in [-0.4, -0.2) is 0 Å². The van der Waals surface area contributed by atoms with Gasteiger partial charge < -0.3 is 0 Å². The number of hydrogen-bond donors (Lipinski definition) is 0. The molecule has 9 aromatic rings. The highest BCUT2D eigenvalue weighted by molar-refractivity contribution is 6.14. The molecule has 0 saturated heterocycles. The Morgan fingerprint density at radius 3 is 1.15 bits per heavy atom. The first-order valence-corrected chi connectivity index (χ1v) is 15.9. The lowest BCUT2D eigenvalue weighted by Gasteiger charge is -2.12. The van der Waals surface area contributed by atoms with Crippen molar-refractivity contribution in [2.75, 3.05) is 0 Å². The van der Waals surface area contributed by atoms with Crippen molar-refractivity contribution in [3.63, 3.8) is 0 Å². The van der Waals surface area contributed by atoms with Crippen LogP contribution in [-0.2, 0) is 0 Å². The highest BCUT2D eigenvalue weighted by Gasteiger charge is 2.10. The van der Waals surface area contributed by atoms with Gasteiger partial charge in [-0.05, 0) is 118 Å². The summed E-state index contributed by atoms with van der Waals surface area (Å²) in [6.45, 7) is 0. The van der Waals surface area contributed by atoms with Crippen LogP contribution in [0, 0.1) is 0 Å². The topological polar surface area (TPSA) is 0 Å². The van der Waals surface area contributed by atoms with Crippen molar-refractivity contribution in [1.29, 1.82) is 0 Å². The summed E-state index contributed by atoms with van der Waals surface area (Å²) in [7, 11) is 0. The van der Waals surface area contributed by atoms with Gasteiger partial charge in [0.1, 0.15) is 0 Å². The van der Waals surface area contributed by atoms with Crippen molar-refractivity contribution in [3.05, 3.63) is 182 Å². The van der Waals surface area contributed by atoms with E-state index in [0.29, 0.717) is 0 Å². The first-order chi connectivity index (χ1) is 22.8. The van der Waals surface area contributed by atoms with E-state index in [4.69, 9.17) is 0 Å². The van der Waals surface area contributed by atoms with Crippen LogP contribution in [0.25, 0.3) is 87.6 Å². The molecule has 0 nitrogen and oxygen atoms in total. The van der Waals surface area contributed by atoms with Crippen LogP contribution in [0.15, 0.2) is 182 Å². The third-order valence-electron chi connectivity index (χ3n) is 9.42. The maximum Gasteiger partial charge on any atom is -0.00988 e. The highest BCUT2D eigenvalue weighted by atomic mass is 14.1. The minimum Gasteiger partial charge on any atom is -0.0622 e. The van der Waals surface area contributed by atoms with Crippen molar-refractivity contribution in [1.82, 2.24) is 0 Å². The third kappa shape index (κ3) is 4.64. The van der Waals surface area contributed by atoms with E-state index in [-0.39, 0.29) is 0 Å². The lowest BCUT2D eigenvalue weighted by atomic mass is 9.91. The zero-order valence-electron chi connectivity index (χ0n) is 25.3. The number of fused-ring (bicyclic) bond motifs is 5. The first kappa shape index (κ1) is 26.4. The van der Waals surface area contributed by atoms with Crippen LogP contribution >= 0.6 is 0 Å². The van der Waals surface area contributed by atoms with E-state index < -0.39 is 0 Å². The van der Waals surface area contributed by atoms with E-state index in [2.05, 4.69) is 182 Å². The molecular weight excluding hydrogens is 553 g/mol. The molecule has 9 rings (SSSR count). The molecule has 0 N–H and O–H groups in total. The molecule has 0 unspecified atom stereocenters. The quantitative estimate of drug-likeness (QED) is 0.181. The predicted octanol–water partition coefficient (Wildman–Crippen LogP) is 13.0. The van der Waals surface area contributed by atoms with Gasteiger partial charge in [0.2, 0.25) is 0 Å². The molecule has 0 saturated carbocycles. The number of hydrogen-bond acceptors (Lipinski definition) is 0. The van der Waals surface area contributed by atoms with E-state index in [9.17, 15) is 0 Å². The lowest BCUT2D eigenvalue weighted by molar-refractivity contribution is 1.61. The second-order valence-electron chi connectivity index (χ2n) is 12.2. The molecule has 9 aromatic carbocycles. The summed E-state index contributed by atoms with van der Waals surface area (Å²) < 4.78 is 0. The molecule has 0 fully saturated rings. The summed E-state index contributed by atoms with van der Waals surface area (Å²) in [5.41, 5.74) is 9.94. The summed E-state index contributed by atoms with van der Waals surface area (Å²) in [6, 6.07) is 66.5. The molecule has 0 amide bonds. The number of benzene rings is 9. The molecule has 214 valence electrons. The molecule has 0 aliphatic carbocycles. The van der Waals surface area contributed by atoms with Crippen molar-refractivity contribution >= 4 is 43.1 Å². The molecule has 0 heterocycles. The van der Waals surface area contributed by atoms with E-state index >= 15 is 0 Å². The largest absolute Gasteiger partial charge is 0.0622 e. The van der Waals surface area contributed by atoms with Crippen LogP contribution in [0.1, 0.15) is 0 Å². The smallest absolute Gasteiger partial charge is 0.00988 e. The maximum absolute atomic E-state index is 2.34. The molecule has 0 spiro atoms. The van der Waals surface area contributed by atoms with Crippen LogP contribution in [0.3, 0.4) is 0 Å². The van der Waals surface area contributed by atoms with Gasteiger partial charge in [0.25, 0.3) is 0 Å². The van der Waals surface area contributed by atoms with Gasteiger partial charge in [0, 0.05) is 0 Å². The van der Waals surface area contributed by atoms with Crippen LogP contribution < -0.4 is 0 Å². The van der Waals surface area contributed by atoms with Gasteiger partial charge in [0.15, 0.2) is 0 Å². The minimum absolute atomic E-state index is 1.23. The Labute approximate surface area is 268 Å². The molecule has 0 aromatic heterocycles. The lowest BCUT2D eigenvalue weighted by Crippen LogP contribution is -1.86. The molecule has 0 aliphatic heterocycles. The predicted molar refractivity (Wildman–Crippen MR) is 198 cm³/mol. The Kier molecular flexibility index (Phi) is 6.25. The fraction of sp³-hybridized carbons (Fsp3) is 0. The Morgan fingerprint density at radius 1 is 0.196 bits per heavy atom. The minimum atomic E-state index is 1.23. The van der Waals surface area contributed by atoms with Crippen LogP contribution in [0.4, 0.5) is 0 Å².